The Hall–Kier alpha value is -1.46. The van der Waals surface area contributed by atoms with E-state index in [0.717, 1.165) is 18.8 Å². The standard InChI is InChI=1S/C11H14N4S/c1-15(8-10-3-2-4-16-10)7-9-5-14-11(12)6-13-9/h2-6H,7-8H2,1H3,(H2,12,14). The highest BCUT2D eigenvalue weighted by Gasteiger charge is 2.03. The second-order valence-electron chi connectivity index (χ2n) is 3.68. The summed E-state index contributed by atoms with van der Waals surface area (Å²) in [6, 6.07) is 4.20. The van der Waals surface area contributed by atoms with Crippen molar-refractivity contribution in [2.24, 2.45) is 0 Å². The van der Waals surface area contributed by atoms with Crippen molar-refractivity contribution >= 4 is 17.2 Å². The van der Waals surface area contributed by atoms with Crippen LogP contribution in [-0.2, 0) is 13.1 Å². The lowest BCUT2D eigenvalue weighted by molar-refractivity contribution is 0.317. The van der Waals surface area contributed by atoms with Crippen LogP contribution in [0.15, 0.2) is 29.9 Å². The molecule has 0 saturated heterocycles. The number of anilines is 1. The topological polar surface area (TPSA) is 55.0 Å². The smallest absolute Gasteiger partial charge is 0.141 e. The predicted molar refractivity (Wildman–Crippen MR) is 65.9 cm³/mol. The summed E-state index contributed by atoms with van der Waals surface area (Å²) in [5.74, 6) is 0.463. The Morgan fingerprint density at radius 1 is 1.31 bits per heavy atom. The summed E-state index contributed by atoms with van der Waals surface area (Å²) in [5, 5.41) is 2.09. The molecule has 2 N–H and O–H groups in total. The Bertz CT molecular complexity index is 424. The normalized spacial score (nSPS) is 10.9. The molecule has 84 valence electrons. The molecule has 0 aliphatic rings. The quantitative estimate of drug-likeness (QED) is 0.875. The van der Waals surface area contributed by atoms with Gasteiger partial charge >= 0.3 is 0 Å². The van der Waals surface area contributed by atoms with Crippen LogP contribution in [0, 0.1) is 0 Å². The van der Waals surface area contributed by atoms with Crippen LogP contribution < -0.4 is 5.73 Å². The SMILES string of the molecule is CN(Cc1cnc(N)cn1)Cc1cccs1. The van der Waals surface area contributed by atoms with E-state index in [4.69, 9.17) is 5.73 Å². The van der Waals surface area contributed by atoms with E-state index >= 15 is 0 Å². The molecule has 2 aromatic rings. The summed E-state index contributed by atoms with van der Waals surface area (Å²) in [6.07, 6.45) is 3.31. The molecule has 0 amide bonds. The van der Waals surface area contributed by atoms with Gasteiger partial charge in [-0.25, -0.2) is 4.98 Å². The molecule has 5 heteroatoms. The number of hydrogen-bond acceptors (Lipinski definition) is 5. The lowest BCUT2D eigenvalue weighted by Crippen LogP contribution is -2.17. The maximum Gasteiger partial charge on any atom is 0.141 e. The molecule has 2 rings (SSSR count). The molecule has 0 fully saturated rings. The molecule has 2 aromatic heterocycles. The highest BCUT2D eigenvalue weighted by atomic mass is 32.1. The number of nitrogens with two attached hydrogens (primary N) is 1. The summed E-state index contributed by atoms with van der Waals surface area (Å²) < 4.78 is 0. The fourth-order valence-corrected chi connectivity index (χ4v) is 2.23. The molecule has 0 aliphatic heterocycles. The van der Waals surface area contributed by atoms with Gasteiger partial charge in [0.25, 0.3) is 0 Å². The second kappa shape index (κ2) is 5.05. The van der Waals surface area contributed by atoms with Crippen molar-refractivity contribution in [2.45, 2.75) is 13.1 Å². The van der Waals surface area contributed by atoms with Crippen molar-refractivity contribution in [1.29, 1.82) is 0 Å². The highest BCUT2D eigenvalue weighted by molar-refractivity contribution is 7.09. The first-order valence-corrected chi connectivity index (χ1v) is 5.89. The van der Waals surface area contributed by atoms with Gasteiger partial charge in [0.05, 0.1) is 18.1 Å². The van der Waals surface area contributed by atoms with Crippen LogP contribution in [0.4, 0.5) is 5.82 Å². The number of aromatic nitrogens is 2. The van der Waals surface area contributed by atoms with Crippen LogP contribution in [0.1, 0.15) is 10.6 Å². The maximum atomic E-state index is 5.48. The molecule has 4 nitrogen and oxygen atoms in total. The first kappa shape index (κ1) is 11.0. The predicted octanol–water partition coefficient (Wildman–Crippen LogP) is 1.75. The highest BCUT2D eigenvalue weighted by Crippen LogP contribution is 2.12. The average molecular weight is 234 g/mol. The summed E-state index contributed by atoms with van der Waals surface area (Å²) >= 11 is 1.77. The van der Waals surface area contributed by atoms with Crippen molar-refractivity contribution in [3.05, 3.63) is 40.5 Å². The van der Waals surface area contributed by atoms with Crippen molar-refractivity contribution in [3.8, 4) is 0 Å². The van der Waals surface area contributed by atoms with Gasteiger partial charge in [0.2, 0.25) is 0 Å². The molecule has 0 radical (unpaired) electrons. The van der Waals surface area contributed by atoms with E-state index in [0.29, 0.717) is 5.82 Å². The van der Waals surface area contributed by atoms with Crippen LogP contribution in [0.3, 0.4) is 0 Å². The van der Waals surface area contributed by atoms with E-state index in [-0.39, 0.29) is 0 Å². The minimum atomic E-state index is 0.463. The summed E-state index contributed by atoms with van der Waals surface area (Å²) in [7, 11) is 2.07. The van der Waals surface area contributed by atoms with E-state index in [1.807, 2.05) is 0 Å². The molecule has 0 aromatic carbocycles. The van der Waals surface area contributed by atoms with Crippen molar-refractivity contribution in [1.82, 2.24) is 14.9 Å². The molecule has 0 spiro atoms. The van der Waals surface area contributed by atoms with Crippen LogP contribution in [-0.4, -0.2) is 21.9 Å². The molecule has 0 atom stereocenters. The third-order valence-electron chi connectivity index (χ3n) is 2.16. The van der Waals surface area contributed by atoms with E-state index in [9.17, 15) is 0 Å². The minimum Gasteiger partial charge on any atom is -0.382 e. The fourth-order valence-electron chi connectivity index (χ4n) is 1.45. The van der Waals surface area contributed by atoms with Gasteiger partial charge in [-0.3, -0.25) is 9.88 Å². The molecule has 0 saturated carbocycles. The monoisotopic (exact) mass is 234 g/mol. The number of nitrogen functional groups attached to an aromatic ring is 1. The van der Waals surface area contributed by atoms with Crippen molar-refractivity contribution in [2.75, 3.05) is 12.8 Å². The van der Waals surface area contributed by atoms with Crippen molar-refractivity contribution in [3.63, 3.8) is 0 Å². The fraction of sp³-hybridized carbons (Fsp3) is 0.273. The van der Waals surface area contributed by atoms with E-state index in [1.54, 1.807) is 23.7 Å². The van der Waals surface area contributed by atoms with Gasteiger partial charge in [0.15, 0.2) is 0 Å². The van der Waals surface area contributed by atoms with Gasteiger partial charge in [-0.15, -0.1) is 11.3 Å². The first-order valence-electron chi connectivity index (χ1n) is 5.01. The third kappa shape index (κ3) is 3.01. The second-order valence-corrected chi connectivity index (χ2v) is 4.72. The van der Waals surface area contributed by atoms with Crippen molar-refractivity contribution < 1.29 is 0 Å². The van der Waals surface area contributed by atoms with E-state index in [2.05, 4.69) is 39.4 Å². The minimum absolute atomic E-state index is 0.463. The number of nitrogens with zero attached hydrogens (tertiary/aromatic N) is 3. The first-order chi connectivity index (χ1) is 7.74. The van der Waals surface area contributed by atoms with Gasteiger partial charge in [0.1, 0.15) is 5.82 Å². The molecular formula is C11H14N4S. The Labute approximate surface area is 98.8 Å². The Morgan fingerprint density at radius 2 is 2.19 bits per heavy atom. The van der Waals surface area contributed by atoms with Crippen LogP contribution >= 0.6 is 11.3 Å². The lowest BCUT2D eigenvalue weighted by Gasteiger charge is -2.14. The van der Waals surface area contributed by atoms with Gasteiger partial charge in [-0.2, -0.15) is 0 Å². The number of rotatable bonds is 4. The summed E-state index contributed by atoms with van der Waals surface area (Å²) in [5.41, 5.74) is 6.42. The largest absolute Gasteiger partial charge is 0.382 e. The number of thiophene rings is 1. The molecular weight excluding hydrogens is 220 g/mol. The van der Waals surface area contributed by atoms with Gasteiger partial charge in [0, 0.05) is 18.0 Å². The van der Waals surface area contributed by atoms with E-state index < -0.39 is 0 Å². The maximum absolute atomic E-state index is 5.48. The molecule has 2 heterocycles. The molecule has 0 unspecified atom stereocenters. The van der Waals surface area contributed by atoms with Gasteiger partial charge in [-0.1, -0.05) is 6.07 Å². The lowest BCUT2D eigenvalue weighted by atomic mass is 10.4. The molecule has 16 heavy (non-hydrogen) atoms. The zero-order valence-electron chi connectivity index (χ0n) is 9.13. The number of hydrogen-bond donors (Lipinski definition) is 1. The Kier molecular flexibility index (Phi) is 3.48. The molecule has 0 bridgehead atoms. The van der Waals surface area contributed by atoms with Gasteiger partial charge in [-0.05, 0) is 18.5 Å². The Morgan fingerprint density at radius 3 is 2.81 bits per heavy atom. The Balaban J connectivity index is 1.92. The van der Waals surface area contributed by atoms with E-state index in [1.165, 1.54) is 4.88 Å². The third-order valence-corrected chi connectivity index (χ3v) is 3.02. The van der Waals surface area contributed by atoms with Crippen LogP contribution in [0.2, 0.25) is 0 Å². The zero-order chi connectivity index (χ0) is 11.4. The van der Waals surface area contributed by atoms with Crippen LogP contribution in [0.25, 0.3) is 0 Å². The zero-order valence-corrected chi connectivity index (χ0v) is 9.94. The summed E-state index contributed by atoms with van der Waals surface area (Å²) in [4.78, 5) is 11.8. The summed E-state index contributed by atoms with van der Waals surface area (Å²) in [6.45, 7) is 1.72. The molecule has 0 aliphatic carbocycles. The van der Waals surface area contributed by atoms with Crippen LogP contribution in [0.5, 0.6) is 0 Å². The average Bonchev–Trinajstić information content (AvgIpc) is 2.74. The van der Waals surface area contributed by atoms with Gasteiger partial charge < -0.3 is 5.73 Å².